The fourth-order valence-corrected chi connectivity index (χ4v) is 1.61. The number of carbonyl (C=O) groups is 1. The highest BCUT2D eigenvalue weighted by Gasteiger charge is 2.02. The third kappa shape index (κ3) is 4.57. The van der Waals surface area contributed by atoms with Crippen LogP contribution in [0.3, 0.4) is 0 Å². The molecule has 0 radical (unpaired) electrons. The maximum atomic E-state index is 11.1. The number of primary amides is 1. The van der Waals surface area contributed by atoms with Crippen molar-refractivity contribution in [1.29, 1.82) is 0 Å². The molecule has 96 valence electrons. The summed E-state index contributed by atoms with van der Waals surface area (Å²) in [6, 6.07) is 6.45. The van der Waals surface area contributed by atoms with Gasteiger partial charge in [-0.25, -0.2) is 13.1 Å². The van der Waals surface area contributed by atoms with Gasteiger partial charge in [0.05, 0.1) is 12.3 Å². The Bertz CT molecular complexity index is 580. The molecule has 1 aromatic rings. The molecule has 18 heavy (non-hydrogen) atoms. The van der Waals surface area contributed by atoms with E-state index in [1.165, 1.54) is 0 Å². The summed E-state index contributed by atoms with van der Waals surface area (Å²) in [7, 11) is -3.21. The zero-order chi connectivity index (χ0) is 13.6. The Morgan fingerprint density at radius 2 is 1.94 bits per heavy atom. The highest BCUT2D eigenvalue weighted by molar-refractivity contribution is 7.89. The average molecular weight is 266 g/mol. The molecule has 0 aromatic heterocycles. The van der Waals surface area contributed by atoms with Crippen molar-refractivity contribution in [2.75, 3.05) is 12.3 Å². The Hall–Kier alpha value is -1.84. The van der Waals surface area contributed by atoms with Crippen molar-refractivity contribution in [3.63, 3.8) is 0 Å². The first kappa shape index (κ1) is 14.2. The van der Waals surface area contributed by atoms with Gasteiger partial charge in [0.2, 0.25) is 15.9 Å². The summed E-state index contributed by atoms with van der Waals surface area (Å²) in [5, 5.41) is 0. The second-order valence-corrected chi connectivity index (χ2v) is 5.56. The van der Waals surface area contributed by atoms with Gasteiger partial charge in [-0.3, -0.25) is 4.79 Å². The van der Waals surface area contributed by atoms with Crippen molar-refractivity contribution < 1.29 is 13.2 Å². The molecule has 0 saturated heterocycles. The van der Waals surface area contributed by atoms with E-state index < -0.39 is 15.9 Å². The van der Waals surface area contributed by atoms with Gasteiger partial charge < -0.3 is 5.73 Å². The number of nitrogens with two attached hydrogens (primary N) is 1. The summed E-state index contributed by atoms with van der Waals surface area (Å²) in [6.45, 7) is 1.62. The maximum Gasteiger partial charge on any atom is 0.248 e. The Labute approximate surface area is 106 Å². The van der Waals surface area contributed by atoms with E-state index in [4.69, 9.17) is 5.73 Å². The van der Waals surface area contributed by atoms with Crippen molar-refractivity contribution in [3.05, 3.63) is 35.4 Å². The van der Waals surface area contributed by atoms with Crippen molar-refractivity contribution in [3.8, 4) is 11.8 Å². The van der Waals surface area contributed by atoms with Gasteiger partial charge in [-0.1, -0.05) is 11.8 Å². The van der Waals surface area contributed by atoms with Gasteiger partial charge in [-0.05, 0) is 31.2 Å². The Morgan fingerprint density at radius 3 is 2.44 bits per heavy atom. The van der Waals surface area contributed by atoms with E-state index in [9.17, 15) is 13.2 Å². The van der Waals surface area contributed by atoms with Gasteiger partial charge in [-0.15, -0.1) is 0 Å². The molecule has 0 unspecified atom stereocenters. The molecule has 5 nitrogen and oxygen atoms in total. The SMILES string of the molecule is CCS(=O)(=O)NCC#Cc1ccc(C(N)=O)cc1. The Kier molecular flexibility index (Phi) is 4.89. The molecule has 1 aromatic carbocycles. The topological polar surface area (TPSA) is 89.3 Å². The third-order valence-corrected chi connectivity index (χ3v) is 3.51. The number of benzene rings is 1. The van der Waals surface area contributed by atoms with E-state index in [2.05, 4.69) is 16.6 Å². The van der Waals surface area contributed by atoms with Crippen molar-refractivity contribution in [2.45, 2.75) is 6.92 Å². The van der Waals surface area contributed by atoms with Crippen molar-refractivity contribution >= 4 is 15.9 Å². The van der Waals surface area contributed by atoms with Crippen LogP contribution in [0.1, 0.15) is 22.8 Å². The molecule has 0 bridgehead atoms. The largest absolute Gasteiger partial charge is 0.366 e. The lowest BCUT2D eigenvalue weighted by molar-refractivity contribution is 0.100. The van der Waals surface area contributed by atoms with Crippen LogP contribution < -0.4 is 10.5 Å². The molecule has 1 rings (SSSR count). The molecular weight excluding hydrogens is 252 g/mol. The highest BCUT2D eigenvalue weighted by atomic mass is 32.2. The number of amides is 1. The van der Waals surface area contributed by atoms with Crippen LogP contribution in [0, 0.1) is 11.8 Å². The quantitative estimate of drug-likeness (QED) is 0.756. The standard InChI is InChI=1S/C12H14N2O3S/c1-2-18(16,17)14-9-3-4-10-5-7-11(8-6-10)12(13)15/h5-8,14H,2,9H2,1H3,(H2,13,15). The van der Waals surface area contributed by atoms with Gasteiger partial charge >= 0.3 is 0 Å². The first-order chi connectivity index (χ1) is 8.44. The number of hydrogen-bond donors (Lipinski definition) is 2. The van der Waals surface area contributed by atoms with E-state index in [0.29, 0.717) is 11.1 Å². The van der Waals surface area contributed by atoms with Crippen LogP contribution in [0.15, 0.2) is 24.3 Å². The van der Waals surface area contributed by atoms with E-state index in [0.717, 1.165) is 0 Å². The molecule has 1 amide bonds. The second-order valence-electron chi connectivity index (χ2n) is 3.47. The molecule has 0 fully saturated rings. The molecule has 0 atom stereocenters. The first-order valence-electron chi connectivity index (χ1n) is 5.30. The minimum absolute atomic E-state index is 0.0298. The molecule has 0 spiro atoms. The van der Waals surface area contributed by atoms with Gasteiger partial charge in [0.15, 0.2) is 0 Å². The van der Waals surface area contributed by atoms with Crippen molar-refractivity contribution in [1.82, 2.24) is 4.72 Å². The Balaban J connectivity index is 2.61. The number of carbonyl (C=O) groups excluding carboxylic acids is 1. The van der Waals surface area contributed by atoms with Crippen LogP contribution in [-0.4, -0.2) is 26.6 Å². The predicted octanol–water partition coefficient (Wildman–Crippen LogP) is 0.0763. The van der Waals surface area contributed by atoms with E-state index in [-0.39, 0.29) is 12.3 Å². The fourth-order valence-electron chi connectivity index (χ4n) is 1.11. The van der Waals surface area contributed by atoms with E-state index in [1.807, 2.05) is 0 Å². The minimum atomic E-state index is -3.21. The molecule has 0 aliphatic rings. The second kappa shape index (κ2) is 6.19. The van der Waals surface area contributed by atoms with Crippen LogP contribution >= 0.6 is 0 Å². The van der Waals surface area contributed by atoms with Crippen LogP contribution in [-0.2, 0) is 10.0 Å². The number of sulfonamides is 1. The van der Waals surface area contributed by atoms with Crippen molar-refractivity contribution in [2.24, 2.45) is 5.73 Å². The number of rotatable bonds is 4. The van der Waals surface area contributed by atoms with Gasteiger partial charge in [-0.2, -0.15) is 0 Å². The van der Waals surface area contributed by atoms with Gasteiger partial charge in [0.1, 0.15) is 0 Å². The molecule has 0 aliphatic heterocycles. The fraction of sp³-hybridized carbons (Fsp3) is 0.250. The molecule has 6 heteroatoms. The summed E-state index contributed by atoms with van der Waals surface area (Å²) < 4.78 is 24.5. The summed E-state index contributed by atoms with van der Waals surface area (Å²) in [4.78, 5) is 10.8. The monoisotopic (exact) mass is 266 g/mol. The van der Waals surface area contributed by atoms with Gasteiger partial charge in [0, 0.05) is 11.1 Å². The highest BCUT2D eigenvalue weighted by Crippen LogP contribution is 2.01. The molecule has 0 heterocycles. The molecule has 3 N–H and O–H groups in total. The minimum Gasteiger partial charge on any atom is -0.366 e. The van der Waals surface area contributed by atoms with E-state index in [1.54, 1.807) is 31.2 Å². The molecule has 0 aliphatic carbocycles. The average Bonchev–Trinajstić information content (AvgIpc) is 2.35. The molecular formula is C12H14N2O3S. The molecule has 0 saturated carbocycles. The van der Waals surface area contributed by atoms with Crippen LogP contribution in [0.2, 0.25) is 0 Å². The van der Waals surface area contributed by atoms with Gasteiger partial charge in [0.25, 0.3) is 0 Å². The van der Waals surface area contributed by atoms with E-state index >= 15 is 0 Å². The smallest absolute Gasteiger partial charge is 0.248 e. The van der Waals surface area contributed by atoms with Crippen LogP contribution in [0.4, 0.5) is 0 Å². The third-order valence-electron chi connectivity index (χ3n) is 2.16. The lowest BCUT2D eigenvalue weighted by atomic mass is 10.1. The zero-order valence-electron chi connectivity index (χ0n) is 9.93. The lowest BCUT2D eigenvalue weighted by Gasteiger charge is -1.98. The summed E-state index contributed by atoms with van der Waals surface area (Å²) in [5.41, 5.74) is 6.20. The summed E-state index contributed by atoms with van der Waals surface area (Å²) in [6.07, 6.45) is 0. The zero-order valence-corrected chi connectivity index (χ0v) is 10.8. The van der Waals surface area contributed by atoms with Crippen LogP contribution in [0.5, 0.6) is 0 Å². The number of nitrogens with one attached hydrogen (secondary N) is 1. The first-order valence-corrected chi connectivity index (χ1v) is 6.96. The maximum absolute atomic E-state index is 11.1. The summed E-state index contributed by atoms with van der Waals surface area (Å²) >= 11 is 0. The normalized spacial score (nSPS) is 10.5. The van der Waals surface area contributed by atoms with Crippen LogP contribution in [0.25, 0.3) is 0 Å². The summed E-state index contributed by atoms with van der Waals surface area (Å²) in [5.74, 6) is 5.00. The predicted molar refractivity (Wildman–Crippen MR) is 69.3 cm³/mol. The Morgan fingerprint density at radius 1 is 1.33 bits per heavy atom. The lowest BCUT2D eigenvalue weighted by Crippen LogP contribution is -2.25. The number of hydrogen-bond acceptors (Lipinski definition) is 3.